The Bertz CT molecular complexity index is 322. The Morgan fingerprint density at radius 1 is 1.71 bits per heavy atom. The normalized spacial score (nSPS) is 20.8. The van der Waals surface area contributed by atoms with Crippen molar-refractivity contribution in [3.8, 4) is 0 Å². The first-order chi connectivity index (χ1) is 6.68. The number of hydrogen-bond donors (Lipinski definition) is 1. The van der Waals surface area contributed by atoms with Crippen LogP contribution in [-0.4, -0.2) is 18.8 Å². The van der Waals surface area contributed by atoms with Crippen LogP contribution in [-0.2, 0) is 10.3 Å². The number of thiophene rings is 1. The molecule has 1 saturated carbocycles. The van der Waals surface area contributed by atoms with Gasteiger partial charge in [-0.25, -0.2) is 0 Å². The van der Waals surface area contributed by atoms with Gasteiger partial charge in [0, 0.05) is 11.6 Å². The van der Waals surface area contributed by atoms with Crippen LogP contribution in [0.1, 0.15) is 17.7 Å². The zero-order chi connectivity index (χ0) is 10.2. The van der Waals surface area contributed by atoms with Crippen LogP contribution in [0.15, 0.2) is 15.9 Å². The lowest BCUT2D eigenvalue weighted by atomic mass is 9.97. The van der Waals surface area contributed by atoms with Crippen molar-refractivity contribution in [1.29, 1.82) is 0 Å². The smallest absolute Gasteiger partial charge is 0.126 e. The predicted molar refractivity (Wildman–Crippen MR) is 60.5 cm³/mol. The van der Waals surface area contributed by atoms with E-state index < -0.39 is 5.60 Å². The molecule has 1 aromatic heterocycles. The second kappa shape index (κ2) is 3.93. The molecule has 2 nitrogen and oxygen atoms in total. The van der Waals surface area contributed by atoms with E-state index in [0.29, 0.717) is 12.5 Å². The molecule has 0 saturated heterocycles. The summed E-state index contributed by atoms with van der Waals surface area (Å²) in [6, 6.07) is 1.98. The average molecular weight is 277 g/mol. The van der Waals surface area contributed by atoms with Crippen LogP contribution in [0.25, 0.3) is 0 Å². The van der Waals surface area contributed by atoms with Gasteiger partial charge in [-0.3, -0.25) is 0 Å². The van der Waals surface area contributed by atoms with Gasteiger partial charge in [0.15, 0.2) is 0 Å². The molecule has 1 aromatic rings. The third-order valence-corrected chi connectivity index (χ3v) is 4.63. The summed E-state index contributed by atoms with van der Waals surface area (Å²) in [7, 11) is 1.63. The second-order valence-electron chi connectivity index (χ2n) is 3.73. The van der Waals surface area contributed by atoms with Gasteiger partial charge in [-0.05, 0) is 46.1 Å². The fourth-order valence-corrected chi connectivity index (χ4v) is 3.63. The summed E-state index contributed by atoms with van der Waals surface area (Å²) in [5.74, 6) is 0.373. The molecular formula is C10H13BrO2S. The Kier molecular flexibility index (Phi) is 2.98. The number of hydrogen-bond acceptors (Lipinski definition) is 3. The number of rotatable bonds is 4. The number of halogens is 1. The summed E-state index contributed by atoms with van der Waals surface area (Å²) in [6.45, 7) is 0.386. The van der Waals surface area contributed by atoms with Crippen LogP contribution in [0.4, 0.5) is 0 Å². The summed E-state index contributed by atoms with van der Waals surface area (Å²) in [5, 5.41) is 12.5. The third kappa shape index (κ3) is 1.76. The van der Waals surface area contributed by atoms with Crippen LogP contribution >= 0.6 is 27.3 Å². The molecule has 0 radical (unpaired) electrons. The van der Waals surface area contributed by atoms with Crippen molar-refractivity contribution in [2.45, 2.75) is 18.4 Å². The molecule has 1 unspecified atom stereocenters. The van der Waals surface area contributed by atoms with Gasteiger partial charge in [-0.1, -0.05) is 0 Å². The van der Waals surface area contributed by atoms with E-state index in [1.807, 2.05) is 11.4 Å². The van der Waals surface area contributed by atoms with Crippen LogP contribution in [0.2, 0.25) is 0 Å². The lowest BCUT2D eigenvalue weighted by Gasteiger charge is -2.26. The fraction of sp³-hybridized carbons (Fsp3) is 0.600. The van der Waals surface area contributed by atoms with E-state index in [0.717, 1.165) is 22.2 Å². The van der Waals surface area contributed by atoms with E-state index in [4.69, 9.17) is 4.74 Å². The van der Waals surface area contributed by atoms with Crippen molar-refractivity contribution < 1.29 is 9.84 Å². The van der Waals surface area contributed by atoms with Gasteiger partial charge in [-0.2, -0.15) is 0 Å². The molecule has 0 aliphatic heterocycles. The Morgan fingerprint density at radius 3 is 2.86 bits per heavy atom. The predicted octanol–water partition coefficient (Wildman–Crippen LogP) is 2.75. The second-order valence-corrected chi connectivity index (χ2v) is 5.50. The van der Waals surface area contributed by atoms with Crippen molar-refractivity contribution in [1.82, 2.24) is 0 Å². The quantitative estimate of drug-likeness (QED) is 0.917. The highest BCUT2D eigenvalue weighted by atomic mass is 79.9. The van der Waals surface area contributed by atoms with Crippen LogP contribution in [0, 0.1) is 5.92 Å². The largest absolute Gasteiger partial charge is 0.382 e. The fourth-order valence-electron chi connectivity index (χ4n) is 1.75. The molecule has 0 bridgehead atoms. The maximum atomic E-state index is 10.5. The van der Waals surface area contributed by atoms with E-state index in [1.54, 1.807) is 18.4 Å². The molecule has 1 atom stereocenters. The van der Waals surface area contributed by atoms with Gasteiger partial charge in [0.1, 0.15) is 5.60 Å². The first-order valence-corrected chi connectivity index (χ1v) is 6.30. The molecule has 1 aliphatic carbocycles. The van der Waals surface area contributed by atoms with E-state index in [9.17, 15) is 5.11 Å². The zero-order valence-electron chi connectivity index (χ0n) is 8.00. The standard InChI is InChI=1S/C10H13BrO2S/c1-13-6-10(12,7-2-3-7)9-8(11)4-5-14-9/h4-5,7,12H,2-3,6H2,1H3. The maximum Gasteiger partial charge on any atom is 0.126 e. The molecule has 4 heteroatoms. The monoisotopic (exact) mass is 276 g/mol. The maximum absolute atomic E-state index is 10.5. The summed E-state index contributed by atoms with van der Waals surface area (Å²) in [4.78, 5) is 1.00. The molecule has 14 heavy (non-hydrogen) atoms. The zero-order valence-corrected chi connectivity index (χ0v) is 10.4. The minimum Gasteiger partial charge on any atom is -0.382 e. The summed E-state index contributed by atoms with van der Waals surface area (Å²) >= 11 is 5.05. The topological polar surface area (TPSA) is 29.5 Å². The Balaban J connectivity index is 2.30. The van der Waals surface area contributed by atoms with Crippen LogP contribution in [0.5, 0.6) is 0 Å². The molecule has 0 spiro atoms. The van der Waals surface area contributed by atoms with Crippen LogP contribution < -0.4 is 0 Å². The minimum atomic E-state index is -0.776. The number of aliphatic hydroxyl groups is 1. The number of ether oxygens (including phenoxy) is 1. The van der Waals surface area contributed by atoms with E-state index in [2.05, 4.69) is 15.9 Å². The van der Waals surface area contributed by atoms with Gasteiger partial charge < -0.3 is 9.84 Å². The Labute approximate surface area is 96.0 Å². The van der Waals surface area contributed by atoms with Crippen molar-refractivity contribution >= 4 is 27.3 Å². The van der Waals surface area contributed by atoms with Crippen molar-refractivity contribution in [3.63, 3.8) is 0 Å². The molecule has 1 fully saturated rings. The lowest BCUT2D eigenvalue weighted by molar-refractivity contribution is -0.0509. The van der Waals surface area contributed by atoms with E-state index in [1.165, 1.54) is 0 Å². The molecule has 1 aliphatic rings. The average Bonchev–Trinajstić information content (AvgIpc) is 2.90. The summed E-state index contributed by atoms with van der Waals surface area (Å²) in [6.07, 6.45) is 2.20. The van der Waals surface area contributed by atoms with Crippen molar-refractivity contribution in [3.05, 3.63) is 20.8 Å². The first-order valence-electron chi connectivity index (χ1n) is 4.63. The summed E-state index contributed by atoms with van der Waals surface area (Å²) < 4.78 is 6.12. The molecule has 1 heterocycles. The molecule has 2 rings (SSSR count). The number of methoxy groups -OCH3 is 1. The molecule has 0 aromatic carbocycles. The SMILES string of the molecule is COCC(O)(c1sccc1Br)C1CC1. The Hall–Kier alpha value is 0.100. The van der Waals surface area contributed by atoms with Gasteiger partial charge in [0.25, 0.3) is 0 Å². The molecular weight excluding hydrogens is 264 g/mol. The van der Waals surface area contributed by atoms with Crippen molar-refractivity contribution in [2.75, 3.05) is 13.7 Å². The highest BCUT2D eigenvalue weighted by Gasteiger charge is 2.46. The molecule has 1 N–H and O–H groups in total. The lowest BCUT2D eigenvalue weighted by Crippen LogP contribution is -2.33. The first kappa shape index (κ1) is 10.6. The van der Waals surface area contributed by atoms with E-state index in [-0.39, 0.29) is 0 Å². The van der Waals surface area contributed by atoms with Gasteiger partial charge in [0.05, 0.1) is 11.5 Å². The van der Waals surface area contributed by atoms with Gasteiger partial charge in [-0.15, -0.1) is 11.3 Å². The van der Waals surface area contributed by atoms with E-state index >= 15 is 0 Å². The molecule has 78 valence electrons. The highest BCUT2D eigenvalue weighted by Crippen LogP contribution is 2.49. The van der Waals surface area contributed by atoms with Crippen LogP contribution in [0.3, 0.4) is 0 Å². The molecule has 0 amide bonds. The Morgan fingerprint density at radius 2 is 2.43 bits per heavy atom. The van der Waals surface area contributed by atoms with Gasteiger partial charge >= 0.3 is 0 Å². The minimum absolute atomic E-state index is 0.373. The highest BCUT2D eigenvalue weighted by molar-refractivity contribution is 9.10. The summed E-state index contributed by atoms with van der Waals surface area (Å²) in [5.41, 5.74) is -0.776. The van der Waals surface area contributed by atoms with Crippen molar-refractivity contribution in [2.24, 2.45) is 5.92 Å². The third-order valence-electron chi connectivity index (χ3n) is 2.63. The van der Waals surface area contributed by atoms with Gasteiger partial charge in [0.2, 0.25) is 0 Å².